The first-order chi connectivity index (χ1) is 12.7. The summed E-state index contributed by atoms with van der Waals surface area (Å²) in [6.07, 6.45) is 0. The Bertz CT molecular complexity index is 708. The summed E-state index contributed by atoms with van der Waals surface area (Å²) in [5, 5.41) is 9.39. The van der Waals surface area contributed by atoms with Crippen molar-refractivity contribution < 1.29 is 4.79 Å². The highest BCUT2D eigenvalue weighted by atomic mass is 127. The number of carbonyl (C=O) groups is 1. The summed E-state index contributed by atoms with van der Waals surface area (Å²) in [5.41, 5.74) is 1.77. The van der Waals surface area contributed by atoms with E-state index < -0.39 is 0 Å². The van der Waals surface area contributed by atoms with Crippen molar-refractivity contribution in [3.05, 3.63) is 65.7 Å². The van der Waals surface area contributed by atoms with Crippen molar-refractivity contribution in [2.45, 2.75) is 18.4 Å². The molecule has 0 saturated carbocycles. The number of amides is 1. The van der Waals surface area contributed by atoms with Crippen LogP contribution in [0.15, 0.2) is 64.5 Å². The maximum atomic E-state index is 11.8. The van der Waals surface area contributed by atoms with Gasteiger partial charge in [-0.05, 0) is 36.8 Å². The van der Waals surface area contributed by atoms with Crippen LogP contribution >= 0.6 is 35.7 Å². The molecule has 3 N–H and O–H groups in total. The number of benzene rings is 2. The standard InChI is InChI=1S/C20H26N4OS.HI/c1-3-22-19(25)17-11-9-16(10-12-17)15-24-20(21-2)23-13-14-26-18-7-5-4-6-8-18;/h4-12H,3,13-15H2,1-2H3,(H,22,25)(H2,21,23,24);1H. The fourth-order valence-corrected chi connectivity index (χ4v) is 3.09. The van der Waals surface area contributed by atoms with Crippen LogP contribution in [-0.2, 0) is 6.54 Å². The zero-order valence-electron chi connectivity index (χ0n) is 15.7. The van der Waals surface area contributed by atoms with Crippen LogP contribution in [0.25, 0.3) is 0 Å². The Hall–Kier alpha value is -1.74. The Kier molecular flexibility index (Phi) is 11.6. The Morgan fingerprint density at radius 3 is 2.33 bits per heavy atom. The molecule has 27 heavy (non-hydrogen) atoms. The van der Waals surface area contributed by atoms with Crippen LogP contribution in [0, 0.1) is 0 Å². The highest BCUT2D eigenvalue weighted by Crippen LogP contribution is 2.15. The van der Waals surface area contributed by atoms with Crippen LogP contribution in [0.4, 0.5) is 0 Å². The van der Waals surface area contributed by atoms with Gasteiger partial charge in [-0.1, -0.05) is 30.3 Å². The van der Waals surface area contributed by atoms with Gasteiger partial charge in [0.2, 0.25) is 0 Å². The van der Waals surface area contributed by atoms with Gasteiger partial charge in [0, 0.05) is 42.9 Å². The molecule has 0 aliphatic heterocycles. The molecule has 0 aliphatic rings. The van der Waals surface area contributed by atoms with Gasteiger partial charge in [0.05, 0.1) is 0 Å². The lowest BCUT2D eigenvalue weighted by molar-refractivity contribution is 0.0956. The summed E-state index contributed by atoms with van der Waals surface area (Å²) < 4.78 is 0. The molecule has 5 nitrogen and oxygen atoms in total. The summed E-state index contributed by atoms with van der Waals surface area (Å²) in [4.78, 5) is 17.3. The van der Waals surface area contributed by atoms with E-state index in [2.05, 4.69) is 33.1 Å². The third kappa shape index (κ3) is 8.66. The van der Waals surface area contributed by atoms with Crippen LogP contribution in [0.5, 0.6) is 0 Å². The van der Waals surface area contributed by atoms with Crippen molar-refractivity contribution in [1.29, 1.82) is 0 Å². The molecule has 0 spiro atoms. The third-order valence-electron chi connectivity index (χ3n) is 3.64. The largest absolute Gasteiger partial charge is 0.356 e. The molecule has 0 bridgehead atoms. The van der Waals surface area contributed by atoms with Gasteiger partial charge in [0.25, 0.3) is 5.91 Å². The minimum atomic E-state index is -0.0413. The van der Waals surface area contributed by atoms with Crippen LogP contribution in [0.2, 0.25) is 0 Å². The van der Waals surface area contributed by atoms with Crippen molar-refractivity contribution in [3.8, 4) is 0 Å². The number of halogens is 1. The lowest BCUT2D eigenvalue weighted by Gasteiger charge is -2.12. The number of aliphatic imine (C=N–C) groups is 1. The van der Waals surface area contributed by atoms with Gasteiger partial charge in [-0.25, -0.2) is 0 Å². The smallest absolute Gasteiger partial charge is 0.251 e. The number of guanidine groups is 1. The summed E-state index contributed by atoms with van der Waals surface area (Å²) in [5.74, 6) is 1.69. The topological polar surface area (TPSA) is 65.5 Å². The van der Waals surface area contributed by atoms with Gasteiger partial charge in [0.1, 0.15) is 0 Å². The molecule has 146 valence electrons. The van der Waals surface area contributed by atoms with Crippen LogP contribution in [0.3, 0.4) is 0 Å². The average molecular weight is 498 g/mol. The zero-order chi connectivity index (χ0) is 18.6. The van der Waals surface area contributed by atoms with Gasteiger partial charge in [0.15, 0.2) is 5.96 Å². The molecule has 2 aromatic rings. The Morgan fingerprint density at radius 1 is 1.00 bits per heavy atom. The van der Waals surface area contributed by atoms with Crippen molar-refractivity contribution in [3.63, 3.8) is 0 Å². The molecule has 0 aliphatic carbocycles. The molecule has 1 amide bonds. The molecule has 0 saturated heterocycles. The first kappa shape index (κ1) is 23.3. The van der Waals surface area contributed by atoms with E-state index in [9.17, 15) is 4.79 Å². The molecular formula is C20H27IN4OS. The summed E-state index contributed by atoms with van der Waals surface area (Å²) in [6.45, 7) is 4.02. The molecule has 2 rings (SSSR count). The van der Waals surface area contributed by atoms with Crippen molar-refractivity contribution in [1.82, 2.24) is 16.0 Å². The van der Waals surface area contributed by atoms with Gasteiger partial charge >= 0.3 is 0 Å². The molecule has 0 atom stereocenters. The fourth-order valence-electron chi connectivity index (χ4n) is 2.30. The Balaban J connectivity index is 0.00000364. The second-order valence-corrected chi connectivity index (χ2v) is 6.74. The van der Waals surface area contributed by atoms with Crippen molar-refractivity contribution >= 4 is 47.6 Å². The van der Waals surface area contributed by atoms with E-state index in [0.29, 0.717) is 18.7 Å². The monoisotopic (exact) mass is 498 g/mol. The lowest BCUT2D eigenvalue weighted by Crippen LogP contribution is -2.37. The minimum Gasteiger partial charge on any atom is -0.356 e. The maximum Gasteiger partial charge on any atom is 0.251 e. The SMILES string of the molecule is CCNC(=O)c1ccc(CNC(=NC)NCCSc2ccccc2)cc1.I. The van der Waals surface area contributed by atoms with E-state index in [0.717, 1.165) is 23.8 Å². The molecule has 0 aromatic heterocycles. The molecular weight excluding hydrogens is 471 g/mol. The van der Waals surface area contributed by atoms with E-state index in [1.54, 1.807) is 7.05 Å². The lowest BCUT2D eigenvalue weighted by atomic mass is 10.1. The average Bonchev–Trinajstić information content (AvgIpc) is 2.69. The molecule has 0 radical (unpaired) electrons. The Labute approximate surface area is 182 Å². The molecule has 7 heteroatoms. The van der Waals surface area contributed by atoms with E-state index in [1.807, 2.05) is 61.2 Å². The molecule has 0 heterocycles. The number of nitrogens with zero attached hydrogens (tertiary/aromatic N) is 1. The highest BCUT2D eigenvalue weighted by Gasteiger charge is 2.04. The van der Waals surface area contributed by atoms with Gasteiger partial charge in [-0.3, -0.25) is 9.79 Å². The zero-order valence-corrected chi connectivity index (χ0v) is 18.8. The third-order valence-corrected chi connectivity index (χ3v) is 4.66. The van der Waals surface area contributed by atoms with Crippen molar-refractivity contribution in [2.75, 3.05) is 25.9 Å². The Morgan fingerprint density at radius 2 is 1.70 bits per heavy atom. The number of nitrogens with one attached hydrogen (secondary N) is 3. The number of thioether (sulfide) groups is 1. The predicted octanol–water partition coefficient (Wildman–Crippen LogP) is 3.51. The van der Waals surface area contributed by atoms with Crippen LogP contribution in [-0.4, -0.2) is 37.8 Å². The first-order valence-corrected chi connectivity index (χ1v) is 9.71. The van der Waals surface area contributed by atoms with E-state index in [1.165, 1.54) is 4.90 Å². The summed E-state index contributed by atoms with van der Waals surface area (Å²) >= 11 is 1.81. The van der Waals surface area contributed by atoms with Gasteiger partial charge < -0.3 is 16.0 Å². The predicted molar refractivity (Wildman–Crippen MR) is 125 cm³/mol. The number of hydrogen-bond donors (Lipinski definition) is 3. The summed E-state index contributed by atoms with van der Waals surface area (Å²) in [6, 6.07) is 17.9. The number of hydrogen-bond acceptors (Lipinski definition) is 3. The quantitative estimate of drug-likeness (QED) is 0.171. The normalized spacial score (nSPS) is 10.7. The number of rotatable bonds is 8. The van der Waals surface area contributed by atoms with Gasteiger partial charge in [-0.15, -0.1) is 35.7 Å². The molecule has 2 aromatic carbocycles. The van der Waals surface area contributed by atoms with E-state index in [-0.39, 0.29) is 29.9 Å². The second-order valence-electron chi connectivity index (χ2n) is 5.57. The number of carbonyl (C=O) groups excluding carboxylic acids is 1. The molecule has 0 unspecified atom stereocenters. The summed E-state index contributed by atoms with van der Waals surface area (Å²) in [7, 11) is 1.76. The molecule has 0 fully saturated rings. The highest BCUT2D eigenvalue weighted by molar-refractivity contribution is 14.0. The van der Waals surface area contributed by atoms with Gasteiger partial charge in [-0.2, -0.15) is 0 Å². The van der Waals surface area contributed by atoms with E-state index in [4.69, 9.17) is 0 Å². The van der Waals surface area contributed by atoms with Crippen LogP contribution < -0.4 is 16.0 Å². The fraction of sp³-hybridized carbons (Fsp3) is 0.300. The second kappa shape index (κ2) is 13.4. The first-order valence-electron chi connectivity index (χ1n) is 8.72. The maximum absolute atomic E-state index is 11.8. The minimum absolute atomic E-state index is 0. The van der Waals surface area contributed by atoms with Crippen LogP contribution in [0.1, 0.15) is 22.8 Å². The van der Waals surface area contributed by atoms with E-state index >= 15 is 0 Å². The van der Waals surface area contributed by atoms with Crippen molar-refractivity contribution in [2.24, 2.45) is 4.99 Å².